The molecular formula is C55H95NO3. The number of unbranched alkanes of at least 4 members (excludes halogenated alkanes) is 23. The Balaban J connectivity index is 3.54. The van der Waals surface area contributed by atoms with Crippen molar-refractivity contribution in [3.63, 3.8) is 0 Å². The van der Waals surface area contributed by atoms with Crippen LogP contribution in [0.1, 0.15) is 226 Å². The van der Waals surface area contributed by atoms with Gasteiger partial charge in [-0.3, -0.25) is 4.79 Å². The zero-order chi connectivity index (χ0) is 42.8. The van der Waals surface area contributed by atoms with Gasteiger partial charge >= 0.3 is 0 Å². The maximum Gasteiger partial charge on any atom is 0.220 e. The van der Waals surface area contributed by atoms with E-state index in [0.29, 0.717) is 6.42 Å². The number of aliphatic hydroxyl groups is 2. The van der Waals surface area contributed by atoms with Crippen LogP contribution in [-0.4, -0.2) is 34.9 Å². The van der Waals surface area contributed by atoms with Crippen molar-refractivity contribution >= 4 is 5.91 Å². The molecule has 0 aliphatic rings. The molecule has 0 saturated carbocycles. The smallest absolute Gasteiger partial charge is 0.220 e. The van der Waals surface area contributed by atoms with Gasteiger partial charge in [0.1, 0.15) is 0 Å². The number of allylic oxidation sites excluding steroid dienone is 15. The molecule has 0 aromatic carbocycles. The highest BCUT2D eigenvalue weighted by molar-refractivity contribution is 5.76. The van der Waals surface area contributed by atoms with Crippen LogP contribution in [0.2, 0.25) is 0 Å². The zero-order valence-corrected chi connectivity index (χ0v) is 38.7. The lowest BCUT2D eigenvalue weighted by atomic mass is 10.0. The molecule has 2 atom stereocenters. The molecule has 338 valence electrons. The van der Waals surface area contributed by atoms with E-state index in [1.54, 1.807) is 6.08 Å². The quantitative estimate of drug-likeness (QED) is 0.0424. The fourth-order valence-corrected chi connectivity index (χ4v) is 7.00. The number of carbonyl (C=O) groups excluding carboxylic acids is 1. The number of nitrogens with one attached hydrogen (secondary N) is 1. The molecule has 0 aromatic heterocycles. The SMILES string of the molecule is CC/C=C\C/C=C\C/C=C\C/C=C\C/C=C\CCCCCCCCCCCCCCCCCCCC(=O)NC(CO)C(O)/C=C/CC/C=C/CC/C=C/CCCCCC. The number of aliphatic hydroxyl groups excluding tert-OH is 2. The summed E-state index contributed by atoms with van der Waals surface area (Å²) in [5.74, 6) is -0.0810. The van der Waals surface area contributed by atoms with E-state index in [9.17, 15) is 15.0 Å². The minimum Gasteiger partial charge on any atom is -0.394 e. The largest absolute Gasteiger partial charge is 0.394 e. The second-order valence-electron chi connectivity index (χ2n) is 16.5. The van der Waals surface area contributed by atoms with Crippen molar-refractivity contribution in [2.45, 2.75) is 238 Å². The Morgan fingerprint density at radius 1 is 0.424 bits per heavy atom. The summed E-state index contributed by atoms with van der Waals surface area (Å²) in [6.07, 6.45) is 74.0. The average Bonchev–Trinajstić information content (AvgIpc) is 3.24. The lowest BCUT2D eigenvalue weighted by Gasteiger charge is -2.19. The van der Waals surface area contributed by atoms with Crippen LogP contribution in [0, 0.1) is 0 Å². The molecule has 0 heterocycles. The minimum atomic E-state index is -0.873. The highest BCUT2D eigenvalue weighted by Crippen LogP contribution is 2.15. The summed E-state index contributed by atoms with van der Waals surface area (Å²) < 4.78 is 0. The van der Waals surface area contributed by atoms with Gasteiger partial charge in [0.05, 0.1) is 18.8 Å². The topological polar surface area (TPSA) is 69.6 Å². The first-order chi connectivity index (χ1) is 29.2. The molecular weight excluding hydrogens is 723 g/mol. The second kappa shape index (κ2) is 49.7. The second-order valence-corrected chi connectivity index (χ2v) is 16.5. The molecule has 0 aliphatic carbocycles. The van der Waals surface area contributed by atoms with Gasteiger partial charge in [0, 0.05) is 6.42 Å². The predicted octanol–water partition coefficient (Wildman–Crippen LogP) is 16.2. The minimum absolute atomic E-state index is 0.0810. The van der Waals surface area contributed by atoms with E-state index < -0.39 is 12.1 Å². The number of hydrogen-bond donors (Lipinski definition) is 3. The van der Waals surface area contributed by atoms with Gasteiger partial charge in [0.2, 0.25) is 5.91 Å². The third-order valence-electron chi connectivity index (χ3n) is 10.8. The van der Waals surface area contributed by atoms with Crippen molar-refractivity contribution in [3.05, 3.63) is 97.2 Å². The lowest BCUT2D eigenvalue weighted by molar-refractivity contribution is -0.123. The van der Waals surface area contributed by atoms with Crippen LogP contribution < -0.4 is 5.32 Å². The van der Waals surface area contributed by atoms with Crippen molar-refractivity contribution in [2.75, 3.05) is 6.61 Å². The fourth-order valence-electron chi connectivity index (χ4n) is 7.00. The number of rotatable bonds is 44. The molecule has 0 fully saturated rings. The maximum atomic E-state index is 12.4. The first-order valence-electron chi connectivity index (χ1n) is 25.0. The molecule has 0 spiro atoms. The van der Waals surface area contributed by atoms with E-state index in [0.717, 1.165) is 70.6 Å². The molecule has 0 bridgehead atoms. The molecule has 0 aliphatic heterocycles. The van der Waals surface area contributed by atoms with E-state index in [2.05, 4.69) is 104 Å². The van der Waals surface area contributed by atoms with Crippen molar-refractivity contribution in [1.29, 1.82) is 0 Å². The third kappa shape index (κ3) is 46.2. The summed E-state index contributed by atoms with van der Waals surface area (Å²) in [5, 5.41) is 23.0. The Morgan fingerprint density at radius 2 is 0.763 bits per heavy atom. The zero-order valence-electron chi connectivity index (χ0n) is 38.7. The molecule has 0 saturated heterocycles. The van der Waals surface area contributed by atoms with Crippen LogP contribution >= 0.6 is 0 Å². The first kappa shape index (κ1) is 56.3. The highest BCUT2D eigenvalue weighted by atomic mass is 16.3. The van der Waals surface area contributed by atoms with Crippen molar-refractivity contribution in [1.82, 2.24) is 5.32 Å². The normalized spacial score (nSPS) is 13.8. The summed E-state index contributed by atoms with van der Waals surface area (Å²) in [7, 11) is 0. The van der Waals surface area contributed by atoms with E-state index in [-0.39, 0.29) is 12.5 Å². The number of amides is 1. The Hall–Kier alpha value is -2.69. The molecule has 4 nitrogen and oxygen atoms in total. The standard InChI is InChI=1S/C55H95NO3/c1-3-5-7-9-11-13-15-17-19-20-21-22-23-24-25-26-27-28-29-30-31-32-33-34-35-36-37-39-41-43-45-47-49-51-55(59)56-53(52-57)54(58)50-48-46-44-42-40-38-18-16-14-12-10-8-6-4-2/h5,7,11,13-14,16-17,19,21-22,24-25,40,42,48,50,53-54,57-58H,3-4,6,8-10,12,15,18,20,23,26-39,41,43-47,49,51-52H2,1-2H3,(H,56,59)/b7-5-,13-11-,16-14+,19-17-,22-21-,25-24-,42-40+,50-48+. The molecule has 4 heteroatoms. The summed E-state index contributed by atoms with van der Waals surface area (Å²) in [6.45, 7) is 4.15. The number of hydrogen-bond acceptors (Lipinski definition) is 3. The van der Waals surface area contributed by atoms with Crippen LogP contribution in [0.5, 0.6) is 0 Å². The van der Waals surface area contributed by atoms with Gasteiger partial charge in [0.15, 0.2) is 0 Å². The molecule has 59 heavy (non-hydrogen) atoms. The van der Waals surface area contributed by atoms with Crippen molar-refractivity contribution in [3.8, 4) is 0 Å². The molecule has 1 amide bonds. The van der Waals surface area contributed by atoms with Gasteiger partial charge < -0.3 is 15.5 Å². The van der Waals surface area contributed by atoms with Gasteiger partial charge in [0.25, 0.3) is 0 Å². The van der Waals surface area contributed by atoms with Gasteiger partial charge in [-0.1, -0.05) is 227 Å². The summed E-state index contributed by atoms with van der Waals surface area (Å²) in [4.78, 5) is 12.4. The average molecular weight is 818 g/mol. The van der Waals surface area contributed by atoms with Crippen molar-refractivity contribution in [2.24, 2.45) is 0 Å². The first-order valence-corrected chi connectivity index (χ1v) is 25.0. The van der Waals surface area contributed by atoms with Gasteiger partial charge in [-0.15, -0.1) is 0 Å². The van der Waals surface area contributed by atoms with Crippen LogP contribution in [0.25, 0.3) is 0 Å². The van der Waals surface area contributed by atoms with Gasteiger partial charge in [-0.05, 0) is 89.9 Å². The van der Waals surface area contributed by atoms with Crippen LogP contribution in [0.3, 0.4) is 0 Å². The Kier molecular flexibility index (Phi) is 47.4. The van der Waals surface area contributed by atoms with Crippen molar-refractivity contribution < 1.29 is 15.0 Å². The Labute approximate surface area is 366 Å². The highest BCUT2D eigenvalue weighted by Gasteiger charge is 2.17. The fraction of sp³-hybridized carbons (Fsp3) is 0.691. The summed E-state index contributed by atoms with van der Waals surface area (Å²) in [5.41, 5.74) is 0. The van der Waals surface area contributed by atoms with E-state index in [1.807, 2.05) is 6.08 Å². The van der Waals surface area contributed by atoms with Gasteiger partial charge in [-0.2, -0.15) is 0 Å². The third-order valence-corrected chi connectivity index (χ3v) is 10.8. The molecule has 2 unspecified atom stereocenters. The van der Waals surface area contributed by atoms with E-state index >= 15 is 0 Å². The van der Waals surface area contributed by atoms with Crippen LogP contribution in [0.4, 0.5) is 0 Å². The van der Waals surface area contributed by atoms with Crippen LogP contribution in [-0.2, 0) is 4.79 Å². The Morgan fingerprint density at radius 3 is 1.19 bits per heavy atom. The summed E-state index contributed by atoms with van der Waals surface area (Å²) >= 11 is 0. The van der Waals surface area contributed by atoms with E-state index in [4.69, 9.17) is 0 Å². The predicted molar refractivity (Wildman–Crippen MR) is 262 cm³/mol. The molecule has 0 aromatic rings. The monoisotopic (exact) mass is 818 g/mol. The van der Waals surface area contributed by atoms with E-state index in [1.165, 1.54) is 135 Å². The summed E-state index contributed by atoms with van der Waals surface area (Å²) in [6, 6.07) is -0.648. The molecule has 3 N–H and O–H groups in total. The number of carbonyl (C=O) groups is 1. The van der Waals surface area contributed by atoms with Gasteiger partial charge in [-0.25, -0.2) is 0 Å². The maximum absolute atomic E-state index is 12.4. The van der Waals surface area contributed by atoms with Crippen LogP contribution in [0.15, 0.2) is 97.2 Å². The Bertz CT molecular complexity index is 1110. The lowest BCUT2D eigenvalue weighted by Crippen LogP contribution is -2.45. The molecule has 0 radical (unpaired) electrons. The molecule has 0 rings (SSSR count).